The molecule has 0 radical (unpaired) electrons. The highest BCUT2D eigenvalue weighted by Gasteiger charge is 2.41. The molecule has 0 aliphatic carbocycles. The van der Waals surface area contributed by atoms with Gasteiger partial charge in [0.15, 0.2) is 0 Å². The van der Waals surface area contributed by atoms with Crippen molar-refractivity contribution in [3.8, 4) is 17.6 Å². The third-order valence-corrected chi connectivity index (χ3v) is 7.02. The Morgan fingerprint density at radius 3 is 2.41 bits per heavy atom. The normalized spacial score (nSPS) is 16.3. The van der Waals surface area contributed by atoms with Gasteiger partial charge in [-0.25, -0.2) is 17.6 Å². The van der Waals surface area contributed by atoms with Gasteiger partial charge in [0.25, 0.3) is 0 Å². The molecule has 1 aliphatic heterocycles. The lowest BCUT2D eigenvalue weighted by atomic mass is 10.2. The fourth-order valence-corrected chi connectivity index (χ4v) is 4.90. The molecule has 1 saturated heterocycles. The first-order valence-corrected chi connectivity index (χ1v) is 11.6. The molecule has 10 nitrogen and oxygen atoms in total. The number of hydrogen-bond donors (Lipinski definition) is 2. The van der Waals surface area contributed by atoms with Gasteiger partial charge in [-0.1, -0.05) is 5.92 Å². The van der Waals surface area contributed by atoms with Gasteiger partial charge in [0.2, 0.25) is 15.9 Å². The molecule has 0 spiro atoms. The van der Waals surface area contributed by atoms with Crippen LogP contribution in [0.4, 0.5) is 14.9 Å². The molecule has 1 atom stereocenters. The minimum Gasteiger partial charge on any atom is -0.481 e. The lowest BCUT2D eigenvalue weighted by molar-refractivity contribution is -0.122. The van der Waals surface area contributed by atoms with E-state index in [0.717, 1.165) is 21.3 Å². The number of anilines is 1. The summed E-state index contributed by atoms with van der Waals surface area (Å²) >= 11 is 0. The van der Waals surface area contributed by atoms with Gasteiger partial charge in [-0.2, -0.15) is 9.37 Å². The molecule has 1 aliphatic rings. The summed E-state index contributed by atoms with van der Waals surface area (Å²) in [6.07, 6.45) is 0. The van der Waals surface area contributed by atoms with Crippen LogP contribution in [0.15, 0.2) is 53.4 Å². The maximum Gasteiger partial charge on any atom is 0.348 e. The van der Waals surface area contributed by atoms with Crippen molar-refractivity contribution in [2.24, 2.45) is 5.73 Å². The van der Waals surface area contributed by atoms with Crippen LogP contribution >= 0.6 is 0 Å². The zero-order valence-electron chi connectivity index (χ0n) is 18.2. The summed E-state index contributed by atoms with van der Waals surface area (Å²) in [5.41, 5.74) is 5.46. The molecule has 2 aromatic rings. The van der Waals surface area contributed by atoms with Crippen molar-refractivity contribution >= 4 is 27.6 Å². The van der Waals surface area contributed by atoms with E-state index >= 15 is 0 Å². The first-order valence-electron chi connectivity index (χ1n) is 10.1. The summed E-state index contributed by atoms with van der Waals surface area (Å²) in [7, 11) is -4.13. The summed E-state index contributed by atoms with van der Waals surface area (Å²) in [6.45, 7) is 1.10. The molecule has 0 aromatic heterocycles. The number of urea groups is 1. The average molecular weight is 491 g/mol. The van der Waals surface area contributed by atoms with Crippen molar-refractivity contribution in [1.29, 1.82) is 0 Å². The van der Waals surface area contributed by atoms with Crippen molar-refractivity contribution < 1.29 is 32.3 Å². The second-order valence-corrected chi connectivity index (χ2v) is 9.13. The third kappa shape index (κ3) is 5.45. The van der Waals surface area contributed by atoms with Gasteiger partial charge in [0, 0.05) is 19.6 Å². The van der Waals surface area contributed by atoms with Gasteiger partial charge in [0.1, 0.15) is 24.2 Å². The molecule has 12 heteroatoms. The van der Waals surface area contributed by atoms with Crippen LogP contribution in [0.5, 0.6) is 5.75 Å². The van der Waals surface area contributed by atoms with E-state index in [-0.39, 0.29) is 36.8 Å². The van der Waals surface area contributed by atoms with Gasteiger partial charge in [-0.3, -0.25) is 10.0 Å². The van der Waals surface area contributed by atoms with E-state index in [1.54, 1.807) is 6.92 Å². The third-order valence-electron chi connectivity index (χ3n) is 5.10. The number of amides is 3. The van der Waals surface area contributed by atoms with Gasteiger partial charge in [-0.15, -0.1) is 5.92 Å². The highest BCUT2D eigenvalue weighted by Crippen LogP contribution is 2.25. The Kier molecular flexibility index (Phi) is 7.72. The van der Waals surface area contributed by atoms with Crippen molar-refractivity contribution in [3.63, 3.8) is 0 Å². The van der Waals surface area contributed by atoms with Crippen LogP contribution in [0.2, 0.25) is 0 Å². The molecule has 0 saturated carbocycles. The summed E-state index contributed by atoms with van der Waals surface area (Å²) in [5.74, 6) is 4.32. The molecular formula is C22H23FN4O6S. The Bertz CT molecular complexity index is 1210. The van der Waals surface area contributed by atoms with Crippen LogP contribution in [0.3, 0.4) is 0 Å². The molecule has 1 heterocycles. The minimum absolute atomic E-state index is 0.00398. The first kappa shape index (κ1) is 25.0. The SMILES string of the molecule is CC#CCOc1ccc(S(=O)(=O)N2CCN(C(=O)N(O)c3ccc(F)cc3)CC2C(N)=O)cc1. The lowest BCUT2D eigenvalue weighted by Crippen LogP contribution is -2.62. The highest BCUT2D eigenvalue weighted by molar-refractivity contribution is 7.89. The number of halogens is 1. The summed E-state index contributed by atoms with van der Waals surface area (Å²) < 4.78 is 45.8. The molecule has 3 N–H and O–H groups in total. The van der Waals surface area contributed by atoms with Crippen LogP contribution in [-0.4, -0.2) is 67.1 Å². The van der Waals surface area contributed by atoms with E-state index in [1.807, 2.05) is 0 Å². The van der Waals surface area contributed by atoms with E-state index < -0.39 is 33.8 Å². The molecule has 2 aromatic carbocycles. The van der Waals surface area contributed by atoms with E-state index in [0.29, 0.717) is 10.8 Å². The highest BCUT2D eigenvalue weighted by atomic mass is 32.2. The number of ether oxygens (including phenoxy) is 1. The van der Waals surface area contributed by atoms with Gasteiger partial charge >= 0.3 is 6.03 Å². The maximum absolute atomic E-state index is 13.2. The number of benzene rings is 2. The predicted molar refractivity (Wildman–Crippen MR) is 120 cm³/mol. The number of nitrogens with two attached hydrogens (primary N) is 1. The fraction of sp³-hybridized carbons (Fsp3) is 0.273. The Balaban J connectivity index is 1.76. The van der Waals surface area contributed by atoms with E-state index in [4.69, 9.17) is 10.5 Å². The first-order chi connectivity index (χ1) is 16.1. The number of sulfonamides is 1. The molecule has 1 unspecified atom stereocenters. The largest absolute Gasteiger partial charge is 0.481 e. The molecule has 180 valence electrons. The van der Waals surface area contributed by atoms with Crippen LogP contribution < -0.4 is 15.5 Å². The fourth-order valence-electron chi connectivity index (χ4n) is 3.32. The second-order valence-electron chi connectivity index (χ2n) is 7.24. The summed E-state index contributed by atoms with van der Waals surface area (Å²) in [6, 6.07) is 7.86. The van der Waals surface area contributed by atoms with Gasteiger partial charge in [0.05, 0.1) is 10.6 Å². The van der Waals surface area contributed by atoms with Crippen LogP contribution in [0.1, 0.15) is 6.92 Å². The van der Waals surface area contributed by atoms with Crippen molar-refractivity contribution in [2.45, 2.75) is 17.9 Å². The second kappa shape index (κ2) is 10.5. The number of rotatable bonds is 6. The number of hydrogen-bond acceptors (Lipinski definition) is 6. The number of carbonyl (C=O) groups is 2. The maximum atomic E-state index is 13.2. The number of hydroxylamine groups is 1. The Labute approximate surface area is 196 Å². The predicted octanol–water partition coefficient (Wildman–Crippen LogP) is 1.40. The molecule has 1 fully saturated rings. The Hall–Kier alpha value is -3.66. The van der Waals surface area contributed by atoms with Gasteiger partial charge < -0.3 is 15.4 Å². The Morgan fingerprint density at radius 1 is 1.18 bits per heavy atom. The minimum atomic E-state index is -4.13. The van der Waals surface area contributed by atoms with Crippen molar-refractivity contribution in [3.05, 3.63) is 54.3 Å². The monoisotopic (exact) mass is 490 g/mol. The molecule has 3 rings (SSSR count). The number of nitrogens with zero attached hydrogens (tertiary/aromatic N) is 3. The molecular weight excluding hydrogens is 467 g/mol. The van der Waals surface area contributed by atoms with Crippen LogP contribution in [0, 0.1) is 17.7 Å². The van der Waals surface area contributed by atoms with Gasteiger partial charge in [-0.05, 0) is 55.5 Å². The number of piperazine rings is 1. The smallest absolute Gasteiger partial charge is 0.348 e. The van der Waals surface area contributed by atoms with Crippen LogP contribution in [0.25, 0.3) is 0 Å². The summed E-state index contributed by atoms with van der Waals surface area (Å²) in [5, 5.41) is 10.5. The molecule has 3 amide bonds. The van der Waals surface area contributed by atoms with E-state index in [2.05, 4.69) is 11.8 Å². The lowest BCUT2D eigenvalue weighted by Gasteiger charge is -2.39. The summed E-state index contributed by atoms with van der Waals surface area (Å²) in [4.78, 5) is 25.8. The zero-order chi connectivity index (χ0) is 24.9. The zero-order valence-corrected chi connectivity index (χ0v) is 19.0. The standard InChI is InChI=1S/C22H23FN4O6S/c1-2-3-14-33-18-8-10-19(11-9-18)34(31,32)26-13-12-25(15-20(26)21(24)28)22(29)27(30)17-6-4-16(23)5-7-17/h4-11,20,30H,12-15H2,1H3,(H2,24,28). The number of primary amides is 1. The van der Waals surface area contributed by atoms with Crippen LogP contribution in [-0.2, 0) is 14.8 Å². The van der Waals surface area contributed by atoms with Crippen molar-refractivity contribution in [1.82, 2.24) is 9.21 Å². The number of carbonyl (C=O) groups excluding carboxylic acids is 2. The van der Waals surface area contributed by atoms with E-state index in [1.165, 1.54) is 36.4 Å². The Morgan fingerprint density at radius 2 is 1.82 bits per heavy atom. The molecule has 34 heavy (non-hydrogen) atoms. The van der Waals surface area contributed by atoms with Crippen molar-refractivity contribution in [2.75, 3.05) is 31.3 Å². The molecule has 0 bridgehead atoms. The van der Waals surface area contributed by atoms with E-state index in [9.17, 15) is 27.6 Å². The average Bonchev–Trinajstić information content (AvgIpc) is 2.83. The topological polar surface area (TPSA) is 133 Å². The quantitative estimate of drug-likeness (QED) is 0.357.